The van der Waals surface area contributed by atoms with Gasteiger partial charge in [-0.25, -0.2) is 0 Å². The fraction of sp³-hybridized carbons (Fsp3) is 0.0588. The van der Waals surface area contributed by atoms with Crippen molar-refractivity contribution in [2.24, 2.45) is 0 Å². The Balaban J connectivity index is 0.000000184. The molecule has 0 spiro atoms. The molecule has 0 radical (unpaired) electrons. The average molecular weight is 501 g/mol. The zero-order chi connectivity index (χ0) is 27.0. The van der Waals surface area contributed by atoms with Gasteiger partial charge in [-0.1, -0.05) is 97.1 Å². The molecule has 0 heterocycles. The first kappa shape index (κ1) is 27.6. The van der Waals surface area contributed by atoms with Crippen molar-refractivity contribution in [3.8, 4) is 0 Å². The summed E-state index contributed by atoms with van der Waals surface area (Å²) in [4.78, 5) is 21.3. The van der Waals surface area contributed by atoms with E-state index in [1.165, 1.54) is 0 Å². The molecule has 0 saturated heterocycles. The second kappa shape index (κ2) is 15.2. The number of carbonyl (C=O) groups is 2. The van der Waals surface area contributed by atoms with Gasteiger partial charge in [0.1, 0.15) is 0 Å². The molecule has 5 aromatic carbocycles. The summed E-state index contributed by atoms with van der Waals surface area (Å²) in [6, 6.07) is 47.0. The van der Waals surface area contributed by atoms with Gasteiger partial charge in [-0.15, -0.1) is 0 Å². The SMILES string of the molecule is CC(=O)c1ccccc1.CC(=O)c1ccccc1.c1ccc(Nc2ccc(Nc3ccccc3)cc2)cc1. The molecule has 5 aromatic rings. The number of nitrogens with one attached hydrogen (secondary N) is 2. The third-order valence-electron chi connectivity index (χ3n) is 5.37. The summed E-state index contributed by atoms with van der Waals surface area (Å²) in [5.41, 5.74) is 5.90. The maximum absolute atomic E-state index is 10.6. The summed E-state index contributed by atoms with van der Waals surface area (Å²) in [7, 11) is 0. The van der Waals surface area contributed by atoms with Crippen LogP contribution in [0.2, 0.25) is 0 Å². The first-order chi connectivity index (χ1) is 18.5. The molecule has 0 fully saturated rings. The minimum Gasteiger partial charge on any atom is -0.356 e. The van der Waals surface area contributed by atoms with Gasteiger partial charge in [0.05, 0.1) is 0 Å². The highest BCUT2D eigenvalue weighted by Gasteiger charge is 1.97. The first-order valence-corrected chi connectivity index (χ1v) is 12.4. The van der Waals surface area contributed by atoms with Crippen LogP contribution in [-0.4, -0.2) is 11.6 Å². The van der Waals surface area contributed by atoms with E-state index < -0.39 is 0 Å². The number of ketones is 2. The van der Waals surface area contributed by atoms with E-state index in [1.54, 1.807) is 13.8 Å². The van der Waals surface area contributed by atoms with Gasteiger partial charge in [-0.05, 0) is 62.4 Å². The largest absolute Gasteiger partial charge is 0.356 e. The lowest BCUT2D eigenvalue weighted by Crippen LogP contribution is -1.92. The first-order valence-electron chi connectivity index (χ1n) is 12.4. The van der Waals surface area contributed by atoms with Crippen molar-refractivity contribution < 1.29 is 9.59 Å². The highest BCUT2D eigenvalue weighted by molar-refractivity contribution is 5.94. The van der Waals surface area contributed by atoms with E-state index in [1.807, 2.05) is 97.1 Å². The molecule has 0 atom stereocenters. The Morgan fingerprint density at radius 2 is 0.605 bits per heavy atom. The predicted octanol–water partition coefficient (Wildman–Crippen LogP) is 8.95. The van der Waals surface area contributed by atoms with E-state index in [2.05, 4.69) is 59.2 Å². The van der Waals surface area contributed by atoms with Gasteiger partial charge in [0.15, 0.2) is 11.6 Å². The smallest absolute Gasteiger partial charge is 0.159 e. The maximum Gasteiger partial charge on any atom is 0.159 e. The van der Waals surface area contributed by atoms with E-state index in [-0.39, 0.29) is 11.6 Å². The van der Waals surface area contributed by atoms with E-state index in [0.29, 0.717) is 0 Å². The Morgan fingerprint density at radius 3 is 0.842 bits per heavy atom. The lowest BCUT2D eigenvalue weighted by molar-refractivity contribution is 0.100. The predicted molar refractivity (Wildman–Crippen MR) is 159 cm³/mol. The van der Waals surface area contributed by atoms with Crippen molar-refractivity contribution in [1.82, 2.24) is 0 Å². The number of anilines is 4. The molecule has 4 nitrogen and oxygen atoms in total. The van der Waals surface area contributed by atoms with Crippen LogP contribution in [0.4, 0.5) is 22.7 Å². The normalized spacial score (nSPS) is 9.53. The summed E-state index contributed by atoms with van der Waals surface area (Å²) in [6.07, 6.45) is 0. The molecule has 0 saturated carbocycles. The van der Waals surface area contributed by atoms with Crippen molar-refractivity contribution in [1.29, 1.82) is 0 Å². The third kappa shape index (κ3) is 9.96. The molecule has 0 aromatic heterocycles. The Morgan fingerprint density at radius 1 is 0.368 bits per heavy atom. The van der Waals surface area contributed by atoms with Gasteiger partial charge in [0, 0.05) is 33.9 Å². The highest BCUT2D eigenvalue weighted by atomic mass is 16.1. The van der Waals surface area contributed by atoms with Gasteiger partial charge in [0.25, 0.3) is 0 Å². The van der Waals surface area contributed by atoms with Crippen molar-refractivity contribution in [2.75, 3.05) is 10.6 Å². The van der Waals surface area contributed by atoms with E-state index >= 15 is 0 Å². The molecular weight excluding hydrogens is 468 g/mol. The molecule has 2 N–H and O–H groups in total. The lowest BCUT2D eigenvalue weighted by Gasteiger charge is -2.09. The Bertz CT molecular complexity index is 1260. The number of para-hydroxylation sites is 2. The fourth-order valence-electron chi connectivity index (χ4n) is 3.36. The summed E-state index contributed by atoms with van der Waals surface area (Å²) in [6.45, 7) is 3.13. The molecule has 0 aliphatic rings. The van der Waals surface area contributed by atoms with Crippen molar-refractivity contribution >= 4 is 34.3 Å². The van der Waals surface area contributed by atoms with Gasteiger partial charge in [0.2, 0.25) is 0 Å². The molecule has 0 aliphatic carbocycles. The highest BCUT2D eigenvalue weighted by Crippen LogP contribution is 2.21. The Kier molecular flexibility index (Phi) is 11.1. The number of Topliss-reactive ketones (excluding diaryl/α,β-unsaturated/α-hetero) is 2. The number of benzene rings is 5. The summed E-state index contributed by atoms with van der Waals surface area (Å²) in [5, 5.41) is 6.73. The lowest BCUT2D eigenvalue weighted by atomic mass is 10.2. The van der Waals surface area contributed by atoms with Crippen LogP contribution in [-0.2, 0) is 0 Å². The minimum absolute atomic E-state index is 0.121. The van der Waals surface area contributed by atoms with E-state index in [4.69, 9.17) is 0 Å². The number of hydrogen-bond donors (Lipinski definition) is 2. The summed E-state index contributed by atoms with van der Waals surface area (Å²) < 4.78 is 0. The van der Waals surface area contributed by atoms with Gasteiger partial charge < -0.3 is 10.6 Å². The van der Waals surface area contributed by atoms with Gasteiger partial charge in [-0.2, -0.15) is 0 Å². The zero-order valence-corrected chi connectivity index (χ0v) is 21.7. The Hall–Kier alpha value is -4.96. The van der Waals surface area contributed by atoms with Crippen LogP contribution in [0.5, 0.6) is 0 Å². The van der Waals surface area contributed by atoms with Gasteiger partial charge >= 0.3 is 0 Å². The fourth-order valence-corrected chi connectivity index (χ4v) is 3.36. The Labute approximate surface area is 225 Å². The van der Waals surface area contributed by atoms with Crippen LogP contribution in [0, 0.1) is 0 Å². The average Bonchev–Trinajstić information content (AvgIpc) is 2.97. The molecule has 4 heteroatoms. The monoisotopic (exact) mass is 500 g/mol. The maximum atomic E-state index is 10.6. The standard InChI is InChI=1S/C18H16N2.2C8H8O/c1-3-7-15(8-4-1)19-17-11-13-18(14-12-17)20-16-9-5-2-6-10-16;2*1-7(9)8-5-3-2-4-6-8/h1-14,19-20H;2*2-6H,1H3. The molecule has 0 amide bonds. The van der Waals surface area contributed by atoms with Crippen LogP contribution in [0.25, 0.3) is 0 Å². The summed E-state index contributed by atoms with van der Waals surface area (Å²) >= 11 is 0. The van der Waals surface area contributed by atoms with Gasteiger partial charge in [-0.3, -0.25) is 9.59 Å². The topological polar surface area (TPSA) is 58.2 Å². The van der Waals surface area contributed by atoms with Crippen molar-refractivity contribution in [3.05, 3.63) is 157 Å². The molecule has 38 heavy (non-hydrogen) atoms. The van der Waals surface area contributed by atoms with Crippen LogP contribution in [0.15, 0.2) is 146 Å². The number of hydrogen-bond acceptors (Lipinski definition) is 4. The molecule has 0 aliphatic heterocycles. The number of rotatable bonds is 6. The van der Waals surface area contributed by atoms with E-state index in [0.717, 1.165) is 33.9 Å². The van der Waals surface area contributed by atoms with Crippen LogP contribution in [0.1, 0.15) is 34.6 Å². The second-order valence-electron chi connectivity index (χ2n) is 8.40. The molecule has 190 valence electrons. The molecule has 0 unspecified atom stereocenters. The van der Waals surface area contributed by atoms with Crippen LogP contribution in [0.3, 0.4) is 0 Å². The van der Waals surface area contributed by atoms with Crippen molar-refractivity contribution in [3.63, 3.8) is 0 Å². The summed E-state index contributed by atoms with van der Waals surface area (Å²) in [5.74, 6) is 0.242. The number of carbonyl (C=O) groups excluding carboxylic acids is 2. The minimum atomic E-state index is 0.121. The zero-order valence-electron chi connectivity index (χ0n) is 21.7. The quantitative estimate of drug-likeness (QED) is 0.228. The molecular formula is C34H32N2O2. The van der Waals surface area contributed by atoms with Crippen LogP contribution >= 0.6 is 0 Å². The molecule has 5 rings (SSSR count). The molecule has 0 bridgehead atoms. The second-order valence-corrected chi connectivity index (χ2v) is 8.40. The van der Waals surface area contributed by atoms with Crippen LogP contribution < -0.4 is 10.6 Å². The third-order valence-corrected chi connectivity index (χ3v) is 5.37. The van der Waals surface area contributed by atoms with E-state index in [9.17, 15) is 9.59 Å². The van der Waals surface area contributed by atoms with Crippen molar-refractivity contribution in [2.45, 2.75) is 13.8 Å².